The van der Waals surface area contributed by atoms with E-state index in [1.807, 2.05) is 0 Å². The average Bonchev–Trinajstić information content (AvgIpc) is 2.31. The molecule has 2 rings (SSSR count). The summed E-state index contributed by atoms with van der Waals surface area (Å²) in [6.45, 7) is 7.94. The lowest BCUT2D eigenvalue weighted by Gasteiger charge is -2.27. The van der Waals surface area contributed by atoms with E-state index in [4.69, 9.17) is 0 Å². The first-order chi connectivity index (χ1) is 7.38. The van der Waals surface area contributed by atoms with E-state index in [1.165, 1.54) is 24.2 Å². The molecule has 1 heterocycles. The lowest BCUT2D eigenvalue weighted by molar-refractivity contribution is 0.233. The van der Waals surface area contributed by atoms with Crippen LogP contribution in [-0.2, 0) is 13.0 Å². The predicted molar refractivity (Wildman–Crippen MR) is 64.0 cm³/mol. The third-order valence-corrected chi connectivity index (χ3v) is 3.02. The first kappa shape index (κ1) is 10.7. The lowest BCUT2D eigenvalue weighted by atomic mass is 10.1. The van der Waals surface area contributed by atoms with Gasteiger partial charge in [0.15, 0.2) is 0 Å². The summed E-state index contributed by atoms with van der Waals surface area (Å²) in [7, 11) is 0. The molecular formula is C13H20N2. The van der Waals surface area contributed by atoms with Gasteiger partial charge in [0.25, 0.3) is 0 Å². The summed E-state index contributed by atoms with van der Waals surface area (Å²) in [5, 5.41) is 3.38. The molecule has 2 heteroatoms. The molecule has 0 radical (unpaired) electrons. The van der Waals surface area contributed by atoms with Gasteiger partial charge in [-0.15, -0.1) is 0 Å². The third kappa shape index (κ3) is 3.05. The molecule has 2 nitrogen and oxygen atoms in total. The van der Waals surface area contributed by atoms with Crippen LogP contribution in [-0.4, -0.2) is 31.1 Å². The second kappa shape index (κ2) is 5.29. The summed E-state index contributed by atoms with van der Waals surface area (Å²) >= 11 is 0. The van der Waals surface area contributed by atoms with Crippen LogP contribution in [0.3, 0.4) is 0 Å². The van der Waals surface area contributed by atoms with Crippen molar-refractivity contribution < 1.29 is 0 Å². The SMILES string of the molecule is CCc1cccc(CN2CCNCC2)c1. The summed E-state index contributed by atoms with van der Waals surface area (Å²) in [5.41, 5.74) is 2.90. The summed E-state index contributed by atoms with van der Waals surface area (Å²) in [4.78, 5) is 2.52. The Morgan fingerprint density at radius 3 is 2.67 bits per heavy atom. The van der Waals surface area contributed by atoms with Crippen LogP contribution in [0.15, 0.2) is 24.3 Å². The van der Waals surface area contributed by atoms with E-state index < -0.39 is 0 Å². The normalized spacial score (nSPS) is 17.9. The maximum atomic E-state index is 3.38. The molecule has 1 aliphatic heterocycles. The van der Waals surface area contributed by atoms with Gasteiger partial charge in [-0.1, -0.05) is 31.2 Å². The Morgan fingerprint density at radius 2 is 1.93 bits per heavy atom. The quantitative estimate of drug-likeness (QED) is 0.805. The van der Waals surface area contributed by atoms with Gasteiger partial charge >= 0.3 is 0 Å². The molecule has 1 N–H and O–H groups in total. The second-order valence-corrected chi connectivity index (χ2v) is 4.20. The highest BCUT2D eigenvalue weighted by Gasteiger charge is 2.09. The van der Waals surface area contributed by atoms with Gasteiger partial charge < -0.3 is 5.32 Å². The molecule has 0 aliphatic carbocycles. The van der Waals surface area contributed by atoms with E-state index in [-0.39, 0.29) is 0 Å². The highest BCUT2D eigenvalue weighted by molar-refractivity contribution is 5.23. The van der Waals surface area contributed by atoms with Crippen molar-refractivity contribution in [3.63, 3.8) is 0 Å². The minimum absolute atomic E-state index is 1.11. The van der Waals surface area contributed by atoms with Crippen molar-refractivity contribution in [3.05, 3.63) is 35.4 Å². The number of rotatable bonds is 3. The Kier molecular flexibility index (Phi) is 3.75. The first-order valence-corrected chi connectivity index (χ1v) is 5.89. The fourth-order valence-electron chi connectivity index (χ4n) is 2.08. The molecule has 1 aromatic rings. The van der Waals surface area contributed by atoms with Crippen LogP contribution in [0, 0.1) is 0 Å². The number of piperazine rings is 1. The van der Waals surface area contributed by atoms with Crippen molar-refractivity contribution in [2.45, 2.75) is 19.9 Å². The maximum absolute atomic E-state index is 3.38. The van der Waals surface area contributed by atoms with Gasteiger partial charge in [-0.05, 0) is 17.5 Å². The smallest absolute Gasteiger partial charge is 0.0234 e. The number of benzene rings is 1. The Hall–Kier alpha value is -0.860. The molecule has 0 bridgehead atoms. The van der Waals surface area contributed by atoms with Gasteiger partial charge in [0.05, 0.1) is 0 Å². The molecule has 1 fully saturated rings. The fourth-order valence-corrected chi connectivity index (χ4v) is 2.08. The zero-order chi connectivity index (χ0) is 10.5. The fraction of sp³-hybridized carbons (Fsp3) is 0.538. The van der Waals surface area contributed by atoms with E-state index in [0.29, 0.717) is 0 Å². The van der Waals surface area contributed by atoms with Gasteiger partial charge in [-0.2, -0.15) is 0 Å². The van der Waals surface area contributed by atoms with Crippen LogP contribution >= 0.6 is 0 Å². The van der Waals surface area contributed by atoms with Gasteiger partial charge in [0.2, 0.25) is 0 Å². The van der Waals surface area contributed by atoms with Gasteiger partial charge in [-0.3, -0.25) is 4.90 Å². The Balaban J connectivity index is 1.96. The van der Waals surface area contributed by atoms with Crippen LogP contribution in [0.1, 0.15) is 18.1 Å². The number of hydrogen-bond donors (Lipinski definition) is 1. The van der Waals surface area contributed by atoms with Crippen LogP contribution in [0.2, 0.25) is 0 Å². The van der Waals surface area contributed by atoms with Gasteiger partial charge in [0.1, 0.15) is 0 Å². The first-order valence-electron chi connectivity index (χ1n) is 5.89. The number of hydrogen-bond acceptors (Lipinski definition) is 2. The summed E-state index contributed by atoms with van der Waals surface area (Å²) in [5.74, 6) is 0. The molecular weight excluding hydrogens is 184 g/mol. The van der Waals surface area contributed by atoms with Crippen LogP contribution in [0.4, 0.5) is 0 Å². The van der Waals surface area contributed by atoms with Crippen LogP contribution in [0.5, 0.6) is 0 Å². The third-order valence-electron chi connectivity index (χ3n) is 3.02. The average molecular weight is 204 g/mol. The molecule has 0 aromatic heterocycles. The van der Waals surface area contributed by atoms with Crippen molar-refractivity contribution in [2.75, 3.05) is 26.2 Å². The maximum Gasteiger partial charge on any atom is 0.0234 e. The molecule has 15 heavy (non-hydrogen) atoms. The van der Waals surface area contributed by atoms with Crippen molar-refractivity contribution in [1.82, 2.24) is 10.2 Å². The van der Waals surface area contributed by atoms with E-state index in [0.717, 1.165) is 26.1 Å². The summed E-state index contributed by atoms with van der Waals surface area (Å²) in [6, 6.07) is 8.96. The Bertz CT molecular complexity index is 303. The largest absolute Gasteiger partial charge is 0.314 e. The van der Waals surface area contributed by atoms with Gasteiger partial charge in [-0.25, -0.2) is 0 Å². The minimum Gasteiger partial charge on any atom is -0.314 e. The van der Waals surface area contributed by atoms with E-state index >= 15 is 0 Å². The highest BCUT2D eigenvalue weighted by Crippen LogP contribution is 2.09. The van der Waals surface area contributed by atoms with Gasteiger partial charge in [0, 0.05) is 32.7 Å². The Morgan fingerprint density at radius 1 is 1.20 bits per heavy atom. The molecule has 0 saturated carbocycles. The highest BCUT2D eigenvalue weighted by atomic mass is 15.2. The monoisotopic (exact) mass is 204 g/mol. The molecule has 0 spiro atoms. The number of nitrogens with zero attached hydrogens (tertiary/aromatic N) is 1. The van der Waals surface area contributed by atoms with Crippen molar-refractivity contribution in [1.29, 1.82) is 0 Å². The van der Waals surface area contributed by atoms with Crippen molar-refractivity contribution >= 4 is 0 Å². The molecule has 0 atom stereocenters. The van der Waals surface area contributed by atoms with Crippen molar-refractivity contribution in [3.8, 4) is 0 Å². The summed E-state index contributed by atoms with van der Waals surface area (Å²) in [6.07, 6.45) is 1.13. The molecule has 0 unspecified atom stereocenters. The van der Waals surface area contributed by atoms with E-state index in [1.54, 1.807) is 0 Å². The number of aryl methyl sites for hydroxylation is 1. The van der Waals surface area contributed by atoms with E-state index in [2.05, 4.69) is 41.4 Å². The Labute approximate surface area is 92.3 Å². The van der Waals surface area contributed by atoms with E-state index in [9.17, 15) is 0 Å². The minimum atomic E-state index is 1.11. The zero-order valence-corrected chi connectivity index (χ0v) is 9.50. The molecule has 0 amide bonds. The van der Waals surface area contributed by atoms with Crippen LogP contribution in [0.25, 0.3) is 0 Å². The summed E-state index contributed by atoms with van der Waals surface area (Å²) < 4.78 is 0. The lowest BCUT2D eigenvalue weighted by Crippen LogP contribution is -2.42. The zero-order valence-electron chi connectivity index (χ0n) is 9.50. The van der Waals surface area contributed by atoms with Crippen molar-refractivity contribution in [2.24, 2.45) is 0 Å². The molecule has 82 valence electrons. The molecule has 1 saturated heterocycles. The number of nitrogens with one attached hydrogen (secondary N) is 1. The molecule has 1 aromatic carbocycles. The van der Waals surface area contributed by atoms with Crippen LogP contribution < -0.4 is 5.32 Å². The second-order valence-electron chi connectivity index (χ2n) is 4.20. The predicted octanol–water partition coefficient (Wildman–Crippen LogP) is 1.65. The standard InChI is InChI=1S/C13H20N2/c1-2-12-4-3-5-13(10-12)11-15-8-6-14-7-9-15/h3-5,10,14H,2,6-9,11H2,1H3. The molecule has 1 aliphatic rings. The topological polar surface area (TPSA) is 15.3 Å².